The molecule has 32 heavy (non-hydrogen) atoms. The van der Waals surface area contributed by atoms with Crippen LogP contribution in [0.25, 0.3) is 26.0 Å². The summed E-state index contributed by atoms with van der Waals surface area (Å²) in [5, 5.41) is 0.813. The first-order valence-corrected chi connectivity index (χ1v) is 11.3. The molecule has 5 nitrogen and oxygen atoms in total. The van der Waals surface area contributed by atoms with Gasteiger partial charge in [-0.2, -0.15) is 0 Å². The van der Waals surface area contributed by atoms with Gasteiger partial charge in [0.25, 0.3) is 5.56 Å². The molecule has 160 valence electrons. The Labute approximate surface area is 194 Å². The zero-order chi connectivity index (χ0) is 22.4. The maximum absolute atomic E-state index is 14.8. The molecule has 0 amide bonds. The number of hydrogen-bond acceptors (Lipinski definition) is 4. The third-order valence-corrected chi connectivity index (χ3v) is 6.93. The summed E-state index contributed by atoms with van der Waals surface area (Å²) in [5.74, 6) is 0.00112. The summed E-state index contributed by atoms with van der Waals surface area (Å²) in [6.45, 7) is 0.200. The standard InChI is InChI=1S/C24H16BrFN2O3S/c1-31-16-6-4-5-14(11-16)13-27-21-17-7-2-3-8-20(17)32-22(21)23(29)28(24(27)30)19-10-9-15(25)12-18(19)26/h2-12H,13H2,1H3. The summed E-state index contributed by atoms with van der Waals surface area (Å²) in [6, 6.07) is 19.2. The number of fused-ring (bicyclic) bond motifs is 3. The Bertz CT molecular complexity index is 1620. The van der Waals surface area contributed by atoms with Crippen LogP contribution in [0.5, 0.6) is 5.75 Å². The van der Waals surface area contributed by atoms with Gasteiger partial charge in [-0.3, -0.25) is 9.36 Å². The van der Waals surface area contributed by atoms with E-state index in [0.717, 1.165) is 20.2 Å². The summed E-state index contributed by atoms with van der Waals surface area (Å²) in [4.78, 5) is 27.1. The van der Waals surface area contributed by atoms with Crippen LogP contribution in [0, 0.1) is 5.82 Å². The molecule has 0 bridgehead atoms. The largest absolute Gasteiger partial charge is 0.497 e. The van der Waals surface area contributed by atoms with Crippen molar-refractivity contribution in [1.82, 2.24) is 9.13 Å². The topological polar surface area (TPSA) is 53.2 Å². The van der Waals surface area contributed by atoms with E-state index in [2.05, 4.69) is 15.9 Å². The number of ether oxygens (including phenoxy) is 1. The second-order valence-electron chi connectivity index (χ2n) is 7.23. The number of methoxy groups -OCH3 is 1. The molecular formula is C24H16BrFN2O3S. The quantitative estimate of drug-likeness (QED) is 0.328. The van der Waals surface area contributed by atoms with Gasteiger partial charge >= 0.3 is 5.69 Å². The predicted molar refractivity (Wildman–Crippen MR) is 129 cm³/mol. The molecule has 0 aliphatic heterocycles. The Hall–Kier alpha value is -3.23. The molecule has 0 aliphatic rings. The predicted octanol–water partition coefficient (Wildman–Crippen LogP) is 5.33. The first kappa shape index (κ1) is 20.7. The van der Waals surface area contributed by atoms with Gasteiger partial charge in [0.1, 0.15) is 16.3 Å². The van der Waals surface area contributed by atoms with Crippen molar-refractivity contribution in [2.24, 2.45) is 0 Å². The highest BCUT2D eigenvalue weighted by Gasteiger charge is 2.21. The van der Waals surface area contributed by atoms with Crippen molar-refractivity contribution >= 4 is 47.6 Å². The van der Waals surface area contributed by atoms with Crippen molar-refractivity contribution in [3.8, 4) is 11.4 Å². The van der Waals surface area contributed by atoms with Gasteiger partial charge in [-0.15, -0.1) is 11.3 Å². The van der Waals surface area contributed by atoms with Crippen LogP contribution < -0.4 is 16.0 Å². The van der Waals surface area contributed by atoms with Crippen LogP contribution in [0.2, 0.25) is 0 Å². The summed E-state index contributed by atoms with van der Waals surface area (Å²) in [7, 11) is 1.58. The SMILES string of the molecule is COc1cccc(Cn2c(=O)n(-c3ccc(Br)cc3F)c(=O)c3sc4ccccc4c32)c1. The third-order valence-electron chi connectivity index (χ3n) is 5.28. The summed E-state index contributed by atoms with van der Waals surface area (Å²) >= 11 is 4.52. The molecule has 5 rings (SSSR count). The van der Waals surface area contributed by atoms with Gasteiger partial charge in [0, 0.05) is 14.6 Å². The lowest BCUT2D eigenvalue weighted by Crippen LogP contribution is -2.39. The smallest absolute Gasteiger partial charge is 0.336 e. The molecule has 0 spiro atoms. The lowest BCUT2D eigenvalue weighted by Gasteiger charge is -2.14. The number of rotatable bonds is 4. The van der Waals surface area contributed by atoms with Gasteiger partial charge in [-0.05, 0) is 42.0 Å². The molecule has 5 aromatic rings. The van der Waals surface area contributed by atoms with Crippen molar-refractivity contribution in [2.45, 2.75) is 6.54 Å². The summed E-state index contributed by atoms with van der Waals surface area (Å²) in [6.07, 6.45) is 0. The van der Waals surface area contributed by atoms with Gasteiger partial charge in [-0.25, -0.2) is 13.8 Å². The van der Waals surface area contributed by atoms with E-state index < -0.39 is 17.1 Å². The molecule has 0 atom stereocenters. The molecule has 0 radical (unpaired) electrons. The van der Waals surface area contributed by atoms with Crippen LogP contribution in [-0.4, -0.2) is 16.2 Å². The Morgan fingerprint density at radius 3 is 2.62 bits per heavy atom. The van der Waals surface area contributed by atoms with Gasteiger partial charge in [0.05, 0.1) is 24.9 Å². The molecule has 3 aromatic carbocycles. The molecule has 8 heteroatoms. The van der Waals surface area contributed by atoms with E-state index in [1.165, 1.54) is 28.0 Å². The number of hydrogen-bond donors (Lipinski definition) is 0. The zero-order valence-electron chi connectivity index (χ0n) is 16.8. The van der Waals surface area contributed by atoms with Crippen molar-refractivity contribution in [1.29, 1.82) is 0 Å². The third kappa shape index (κ3) is 3.36. The van der Waals surface area contributed by atoms with Crippen LogP contribution in [0.3, 0.4) is 0 Å². The zero-order valence-corrected chi connectivity index (χ0v) is 19.2. The fourth-order valence-corrected chi connectivity index (χ4v) is 5.29. The van der Waals surface area contributed by atoms with Crippen LogP contribution in [0.1, 0.15) is 5.56 Å². The van der Waals surface area contributed by atoms with Crippen LogP contribution >= 0.6 is 27.3 Å². The first-order valence-electron chi connectivity index (χ1n) is 9.73. The molecule has 0 fully saturated rings. The normalized spacial score (nSPS) is 11.3. The monoisotopic (exact) mass is 510 g/mol. The molecule has 0 saturated heterocycles. The Morgan fingerprint density at radius 1 is 1.03 bits per heavy atom. The fraction of sp³-hybridized carbons (Fsp3) is 0.0833. The Kier molecular flexibility index (Phi) is 5.19. The van der Waals surface area contributed by atoms with Crippen molar-refractivity contribution in [2.75, 3.05) is 7.11 Å². The minimum Gasteiger partial charge on any atom is -0.497 e. The van der Waals surface area contributed by atoms with E-state index in [9.17, 15) is 14.0 Å². The van der Waals surface area contributed by atoms with E-state index in [4.69, 9.17) is 4.74 Å². The molecule has 0 aliphatic carbocycles. The molecule has 2 heterocycles. The second-order valence-corrected chi connectivity index (χ2v) is 9.20. The molecule has 0 unspecified atom stereocenters. The van der Waals surface area contributed by atoms with Crippen molar-refractivity contribution in [3.63, 3.8) is 0 Å². The van der Waals surface area contributed by atoms with Crippen molar-refractivity contribution in [3.05, 3.63) is 103 Å². The number of benzene rings is 3. The number of thiophene rings is 1. The van der Waals surface area contributed by atoms with Gasteiger partial charge in [-0.1, -0.05) is 46.3 Å². The van der Waals surface area contributed by atoms with Crippen LogP contribution in [-0.2, 0) is 6.54 Å². The fourth-order valence-electron chi connectivity index (χ4n) is 3.82. The van der Waals surface area contributed by atoms with E-state index >= 15 is 0 Å². The van der Waals surface area contributed by atoms with Crippen LogP contribution in [0.4, 0.5) is 4.39 Å². The molecule has 0 N–H and O–H groups in total. The second kappa shape index (κ2) is 8.03. The van der Waals surface area contributed by atoms with E-state index in [1.807, 2.05) is 48.5 Å². The number of nitrogens with zero attached hydrogens (tertiary/aromatic N) is 2. The molecular weight excluding hydrogens is 495 g/mol. The lowest BCUT2D eigenvalue weighted by molar-refractivity contribution is 0.414. The number of halogens is 2. The highest BCUT2D eigenvalue weighted by atomic mass is 79.9. The Balaban J connectivity index is 1.88. The van der Waals surface area contributed by atoms with Crippen molar-refractivity contribution < 1.29 is 9.13 Å². The number of aromatic nitrogens is 2. The summed E-state index contributed by atoms with van der Waals surface area (Å²) in [5.41, 5.74) is 0.160. The molecule has 0 saturated carbocycles. The highest BCUT2D eigenvalue weighted by molar-refractivity contribution is 9.10. The van der Waals surface area contributed by atoms with Crippen LogP contribution in [0.15, 0.2) is 80.8 Å². The highest BCUT2D eigenvalue weighted by Crippen LogP contribution is 2.31. The van der Waals surface area contributed by atoms with E-state index in [0.29, 0.717) is 20.4 Å². The summed E-state index contributed by atoms with van der Waals surface area (Å²) < 4.78 is 24.4. The molecule has 2 aromatic heterocycles. The Morgan fingerprint density at radius 2 is 1.84 bits per heavy atom. The maximum atomic E-state index is 14.8. The average Bonchev–Trinajstić information content (AvgIpc) is 3.18. The lowest BCUT2D eigenvalue weighted by atomic mass is 10.2. The minimum absolute atomic E-state index is 0.0815. The van der Waals surface area contributed by atoms with E-state index in [-0.39, 0.29) is 12.2 Å². The average molecular weight is 511 g/mol. The minimum atomic E-state index is -0.660. The maximum Gasteiger partial charge on any atom is 0.336 e. The van der Waals surface area contributed by atoms with Gasteiger partial charge in [0.15, 0.2) is 0 Å². The van der Waals surface area contributed by atoms with Gasteiger partial charge < -0.3 is 4.74 Å². The first-order chi connectivity index (χ1) is 15.5. The van der Waals surface area contributed by atoms with E-state index in [1.54, 1.807) is 13.2 Å². The van der Waals surface area contributed by atoms with Gasteiger partial charge in [0.2, 0.25) is 0 Å².